The quantitative estimate of drug-likeness (QED) is 0.307. The number of benzene rings is 1. The number of furan rings is 2. The van der Waals surface area contributed by atoms with Crippen LogP contribution in [0, 0.1) is 0 Å². The van der Waals surface area contributed by atoms with E-state index in [0.29, 0.717) is 0 Å². The Kier molecular flexibility index (Phi) is 3.24. The minimum Gasteiger partial charge on any atom is -0.453 e. The lowest BCUT2D eigenvalue weighted by atomic mass is 10.3. The summed E-state index contributed by atoms with van der Waals surface area (Å²) in [7, 11) is -8.58. The molecule has 0 aromatic carbocycles. The molecule has 0 unspecified atom stereocenters. The van der Waals surface area contributed by atoms with Crippen molar-refractivity contribution >= 4 is 43.3 Å². The van der Waals surface area contributed by atoms with Gasteiger partial charge >= 0.3 is 22.1 Å². The lowest BCUT2D eigenvalue weighted by Crippen LogP contribution is -2.23. The second kappa shape index (κ2) is 4.81. The third-order valence-corrected chi connectivity index (χ3v) is 4.49. The van der Waals surface area contributed by atoms with Crippen LogP contribution in [0.3, 0.4) is 0 Å². The van der Waals surface area contributed by atoms with Crippen LogP contribution in [0.1, 0.15) is 0 Å². The first-order valence-electron chi connectivity index (χ1n) is 5.71. The van der Waals surface area contributed by atoms with E-state index in [2.05, 4.69) is 8.92 Å². The smallest absolute Gasteiger partial charge is 0.349 e. The summed E-state index contributed by atoms with van der Waals surface area (Å²) in [4.78, 5) is 22.4. The van der Waals surface area contributed by atoms with E-state index in [9.17, 15) is 26.4 Å². The van der Waals surface area contributed by atoms with Crippen LogP contribution in [0.15, 0.2) is 15.4 Å². The first-order chi connectivity index (χ1) is 10.6. The highest BCUT2D eigenvalue weighted by atomic mass is 32.2. The van der Waals surface area contributed by atoms with Crippen molar-refractivity contribution in [1.29, 1.82) is 0 Å². The molecule has 2 aromatic rings. The Morgan fingerprint density at radius 2 is 1.96 bits per heavy atom. The molecular formula is C10H6O11S2. The third-order valence-electron chi connectivity index (χ3n) is 2.66. The number of fused-ring (bicyclic) bond motifs is 1. The van der Waals surface area contributed by atoms with Gasteiger partial charge in [0.2, 0.25) is 11.5 Å². The highest BCUT2D eigenvalue weighted by Crippen LogP contribution is 2.51. The van der Waals surface area contributed by atoms with Gasteiger partial charge in [0.25, 0.3) is 10.1 Å². The van der Waals surface area contributed by atoms with Gasteiger partial charge in [-0.1, -0.05) is 0 Å². The lowest BCUT2D eigenvalue weighted by molar-refractivity contribution is -0.151. The minimum atomic E-state index is -4.58. The minimum absolute atomic E-state index is 0.0521. The summed E-state index contributed by atoms with van der Waals surface area (Å²) < 4.78 is 71.1. The monoisotopic (exact) mass is 366 g/mol. The maximum Gasteiger partial charge on any atom is 0.349 e. The van der Waals surface area contributed by atoms with Crippen molar-refractivity contribution in [1.82, 2.24) is 0 Å². The fourth-order valence-electron chi connectivity index (χ4n) is 1.85. The topological polar surface area (TPSA) is 163 Å². The van der Waals surface area contributed by atoms with Crippen LogP contribution in [0.25, 0.3) is 11.2 Å². The van der Waals surface area contributed by atoms with E-state index >= 15 is 0 Å². The molecule has 0 radical (unpaired) electrons. The van der Waals surface area contributed by atoms with Gasteiger partial charge in [-0.05, 0) is 0 Å². The van der Waals surface area contributed by atoms with Crippen molar-refractivity contribution in [3.63, 3.8) is 0 Å². The molecule has 3 heterocycles. The van der Waals surface area contributed by atoms with Crippen molar-refractivity contribution in [2.75, 3.05) is 12.4 Å². The summed E-state index contributed by atoms with van der Waals surface area (Å²) in [6.07, 6.45) is 0. The summed E-state index contributed by atoms with van der Waals surface area (Å²) >= 11 is 0. The molecule has 0 saturated carbocycles. The van der Waals surface area contributed by atoms with Crippen molar-refractivity contribution in [3.05, 3.63) is 6.07 Å². The van der Waals surface area contributed by atoms with Gasteiger partial charge in [0.1, 0.15) is 0 Å². The van der Waals surface area contributed by atoms with Gasteiger partial charge in [0, 0.05) is 6.07 Å². The predicted octanol–water partition coefficient (Wildman–Crippen LogP) is -0.712. The van der Waals surface area contributed by atoms with Crippen LogP contribution in [0.2, 0.25) is 0 Å². The summed E-state index contributed by atoms with van der Waals surface area (Å²) in [5.41, 5.74) is -0.144. The number of carbonyl (C=O) groups excluding carboxylic acids is 2. The zero-order valence-electron chi connectivity index (χ0n) is 10.8. The van der Waals surface area contributed by atoms with Gasteiger partial charge in [-0.3, -0.25) is 9.35 Å². The molecular weight excluding hydrogens is 360 g/mol. The number of ether oxygens (including phenoxy) is 2. The molecule has 0 saturated heterocycles. The SMILES string of the molecule is O=C(CS(=O)(=O)O)OCC(=O)Oc1c2c3oc1cc3S(=O)(=O)O2. The molecule has 2 aromatic heterocycles. The molecule has 1 aliphatic heterocycles. The fraction of sp³-hybridized carbons (Fsp3) is 0.200. The van der Waals surface area contributed by atoms with Crippen LogP contribution in [0.4, 0.5) is 0 Å². The first kappa shape index (κ1) is 15.5. The van der Waals surface area contributed by atoms with Crippen molar-refractivity contribution in [3.8, 4) is 11.5 Å². The standard InChI is InChI=1S/C10H6O11S2/c11-6(2-18-7(12)3-22(13,14)15)20-8-4-1-5-9(19-4)10(8)21-23(5,16)17/h1H,2-3H2,(H,13,14,15). The predicted molar refractivity (Wildman–Crippen MR) is 68.2 cm³/mol. The number of hydrogen-bond acceptors (Lipinski definition) is 10. The molecule has 124 valence electrons. The van der Waals surface area contributed by atoms with E-state index in [4.69, 9.17) is 13.7 Å². The Bertz CT molecular complexity index is 1010. The number of esters is 2. The summed E-state index contributed by atoms with van der Waals surface area (Å²) in [5.74, 6) is -4.39. The number of rotatable bonds is 5. The second-order valence-corrected chi connectivity index (χ2v) is 7.33. The summed E-state index contributed by atoms with van der Waals surface area (Å²) in [6.45, 7) is -0.961. The second-order valence-electron chi connectivity index (χ2n) is 4.36. The molecule has 23 heavy (non-hydrogen) atoms. The summed E-state index contributed by atoms with van der Waals surface area (Å²) in [6, 6.07) is 1.11. The first-order valence-corrected chi connectivity index (χ1v) is 8.73. The fourth-order valence-corrected chi connectivity index (χ4v) is 3.30. The Balaban J connectivity index is 1.65. The largest absolute Gasteiger partial charge is 0.453 e. The van der Waals surface area contributed by atoms with Gasteiger partial charge in [-0.2, -0.15) is 16.8 Å². The molecule has 3 rings (SSSR count). The van der Waals surface area contributed by atoms with Crippen LogP contribution >= 0.6 is 0 Å². The van der Waals surface area contributed by atoms with Crippen molar-refractivity contribution in [2.45, 2.75) is 4.90 Å². The molecule has 13 heteroatoms. The molecule has 0 atom stereocenters. The normalized spacial score (nSPS) is 15.5. The van der Waals surface area contributed by atoms with Crippen molar-refractivity contribution in [2.24, 2.45) is 0 Å². The maximum atomic E-state index is 11.5. The van der Waals surface area contributed by atoms with E-state index in [0.717, 1.165) is 6.07 Å². The third kappa shape index (κ3) is 2.80. The Hall–Kier alpha value is -2.38. The number of hydrogen-bond donors (Lipinski definition) is 1. The molecule has 0 spiro atoms. The average Bonchev–Trinajstić information content (AvgIpc) is 2.98. The molecule has 1 N–H and O–H groups in total. The molecule has 0 aliphatic carbocycles. The highest BCUT2D eigenvalue weighted by Gasteiger charge is 2.41. The van der Waals surface area contributed by atoms with E-state index in [1.54, 1.807) is 0 Å². The average molecular weight is 366 g/mol. The van der Waals surface area contributed by atoms with Crippen LogP contribution in [0.5, 0.6) is 11.5 Å². The van der Waals surface area contributed by atoms with E-state index in [1.807, 2.05) is 0 Å². The van der Waals surface area contributed by atoms with E-state index < -0.39 is 44.5 Å². The van der Waals surface area contributed by atoms with Gasteiger partial charge in [0.05, 0.1) is 0 Å². The molecule has 0 amide bonds. The zero-order valence-corrected chi connectivity index (χ0v) is 12.5. The van der Waals surface area contributed by atoms with Crippen molar-refractivity contribution < 1.29 is 49.1 Å². The highest BCUT2D eigenvalue weighted by molar-refractivity contribution is 7.87. The molecule has 11 nitrogen and oxygen atoms in total. The molecule has 2 bridgehead atoms. The van der Waals surface area contributed by atoms with E-state index in [1.165, 1.54) is 0 Å². The molecule has 1 aliphatic rings. The van der Waals surface area contributed by atoms with Gasteiger partial charge in [-0.25, -0.2) is 4.79 Å². The van der Waals surface area contributed by atoms with Gasteiger partial charge in [-0.15, -0.1) is 0 Å². The molecule has 0 fully saturated rings. The van der Waals surface area contributed by atoms with Gasteiger partial charge in [0.15, 0.2) is 28.4 Å². The maximum absolute atomic E-state index is 11.5. The lowest BCUT2D eigenvalue weighted by Gasteiger charge is -2.04. The van der Waals surface area contributed by atoms with Crippen LogP contribution in [-0.4, -0.2) is 45.7 Å². The summed E-state index contributed by atoms with van der Waals surface area (Å²) in [5, 5.41) is 0. The number of carbonyl (C=O) groups is 2. The van der Waals surface area contributed by atoms with Crippen LogP contribution < -0.4 is 8.92 Å². The van der Waals surface area contributed by atoms with Gasteiger partial charge < -0.3 is 18.1 Å². The Labute approximate surface area is 127 Å². The van der Waals surface area contributed by atoms with E-state index in [-0.39, 0.29) is 27.6 Å². The zero-order chi connectivity index (χ0) is 17.0. The van der Waals surface area contributed by atoms with Crippen LogP contribution in [-0.2, 0) is 34.6 Å². The Morgan fingerprint density at radius 3 is 2.61 bits per heavy atom. The Morgan fingerprint density at radius 1 is 1.26 bits per heavy atom.